The molecule has 3 nitrogen and oxygen atoms in total. The number of alkyl halides is 3. The third kappa shape index (κ3) is 3.72. The third-order valence-corrected chi connectivity index (χ3v) is 3.79. The average Bonchev–Trinajstić information content (AvgIpc) is 2.52. The number of carbonyl (C=O) groups is 1. The Morgan fingerprint density at radius 2 is 1.64 bits per heavy atom. The summed E-state index contributed by atoms with van der Waals surface area (Å²) in [6.07, 6.45) is -4.84. The van der Waals surface area contributed by atoms with Gasteiger partial charge in [0.25, 0.3) is 5.91 Å². The second-order valence-corrected chi connectivity index (χ2v) is 5.60. The fraction of sp³-hybridized carbons (Fsp3) is 0.235. The van der Waals surface area contributed by atoms with E-state index in [9.17, 15) is 26.7 Å². The quantitative estimate of drug-likeness (QED) is 0.780. The Morgan fingerprint density at radius 1 is 1.00 bits per heavy atom. The van der Waals surface area contributed by atoms with E-state index in [0.717, 1.165) is 36.4 Å². The molecule has 1 saturated heterocycles. The number of hydrogen-bond acceptors (Lipinski definition) is 2. The molecule has 132 valence electrons. The molecule has 0 aromatic heterocycles. The first-order valence-corrected chi connectivity index (χ1v) is 7.32. The van der Waals surface area contributed by atoms with Gasteiger partial charge in [-0.15, -0.1) is 0 Å². The Bertz CT molecular complexity index is 783. The van der Waals surface area contributed by atoms with Crippen molar-refractivity contribution in [2.45, 2.75) is 12.3 Å². The van der Waals surface area contributed by atoms with Gasteiger partial charge in [0.15, 0.2) is 11.6 Å². The van der Waals surface area contributed by atoms with Crippen molar-refractivity contribution in [2.24, 2.45) is 0 Å². The minimum absolute atomic E-state index is 0.138. The largest absolute Gasteiger partial charge is 0.487 e. The molecule has 1 aliphatic rings. The fourth-order valence-corrected chi connectivity index (χ4v) is 2.41. The molecule has 1 heterocycles. The number of rotatable bonds is 3. The van der Waals surface area contributed by atoms with Gasteiger partial charge in [0.05, 0.1) is 18.7 Å². The van der Waals surface area contributed by atoms with Crippen LogP contribution < -0.4 is 4.74 Å². The number of halogens is 5. The zero-order valence-corrected chi connectivity index (χ0v) is 12.7. The van der Waals surface area contributed by atoms with Crippen LogP contribution >= 0.6 is 0 Å². The van der Waals surface area contributed by atoms with Crippen molar-refractivity contribution in [2.75, 3.05) is 13.1 Å². The summed E-state index contributed by atoms with van der Waals surface area (Å²) in [6.45, 7) is 0.414. The minimum atomic E-state index is -4.46. The molecule has 0 saturated carbocycles. The van der Waals surface area contributed by atoms with Crippen LogP contribution in [0.1, 0.15) is 15.9 Å². The van der Waals surface area contributed by atoms with Crippen molar-refractivity contribution in [1.29, 1.82) is 0 Å². The Morgan fingerprint density at radius 3 is 2.20 bits per heavy atom. The van der Waals surface area contributed by atoms with E-state index in [2.05, 4.69) is 0 Å². The molecule has 0 spiro atoms. The van der Waals surface area contributed by atoms with E-state index < -0.39 is 29.3 Å². The Labute approximate surface area is 139 Å². The number of ether oxygens (including phenoxy) is 1. The topological polar surface area (TPSA) is 29.5 Å². The molecular weight excluding hydrogens is 345 g/mol. The van der Waals surface area contributed by atoms with Crippen LogP contribution in [0.5, 0.6) is 5.75 Å². The summed E-state index contributed by atoms with van der Waals surface area (Å²) in [5.74, 6) is -2.29. The number of likely N-dealkylation sites (tertiary alicyclic amines) is 1. The van der Waals surface area contributed by atoms with Gasteiger partial charge in [-0.3, -0.25) is 4.79 Å². The van der Waals surface area contributed by atoms with Gasteiger partial charge in [0.1, 0.15) is 11.9 Å². The van der Waals surface area contributed by atoms with Crippen LogP contribution in [0.15, 0.2) is 42.5 Å². The van der Waals surface area contributed by atoms with E-state index in [1.165, 1.54) is 11.0 Å². The molecule has 1 fully saturated rings. The van der Waals surface area contributed by atoms with E-state index in [-0.39, 0.29) is 30.5 Å². The van der Waals surface area contributed by atoms with E-state index in [4.69, 9.17) is 4.74 Å². The monoisotopic (exact) mass is 357 g/mol. The second kappa shape index (κ2) is 6.34. The van der Waals surface area contributed by atoms with Crippen LogP contribution in [-0.2, 0) is 6.18 Å². The smallest absolute Gasteiger partial charge is 0.416 e. The molecule has 25 heavy (non-hydrogen) atoms. The van der Waals surface area contributed by atoms with Crippen LogP contribution in [-0.4, -0.2) is 30.0 Å². The first-order chi connectivity index (χ1) is 11.7. The molecule has 2 aromatic carbocycles. The van der Waals surface area contributed by atoms with Gasteiger partial charge in [-0.2, -0.15) is 13.2 Å². The second-order valence-electron chi connectivity index (χ2n) is 5.60. The molecule has 0 radical (unpaired) electrons. The molecule has 0 N–H and O–H groups in total. The lowest BCUT2D eigenvalue weighted by molar-refractivity contribution is -0.137. The number of nitrogens with zero attached hydrogens (tertiary/aromatic N) is 1. The van der Waals surface area contributed by atoms with Gasteiger partial charge < -0.3 is 9.64 Å². The maximum absolute atomic E-state index is 13.1. The highest BCUT2D eigenvalue weighted by molar-refractivity contribution is 5.94. The highest BCUT2D eigenvalue weighted by Crippen LogP contribution is 2.29. The highest BCUT2D eigenvalue weighted by Gasteiger charge is 2.34. The summed E-state index contributed by atoms with van der Waals surface area (Å²) >= 11 is 0. The Hall–Kier alpha value is -2.64. The summed E-state index contributed by atoms with van der Waals surface area (Å²) in [7, 11) is 0. The van der Waals surface area contributed by atoms with Crippen LogP contribution in [0.4, 0.5) is 22.0 Å². The van der Waals surface area contributed by atoms with Crippen molar-refractivity contribution in [3.63, 3.8) is 0 Å². The van der Waals surface area contributed by atoms with E-state index in [0.29, 0.717) is 0 Å². The van der Waals surface area contributed by atoms with Crippen molar-refractivity contribution < 1.29 is 31.5 Å². The molecule has 2 aromatic rings. The zero-order valence-electron chi connectivity index (χ0n) is 12.7. The summed E-state index contributed by atoms with van der Waals surface area (Å²) in [6, 6.07) is 7.07. The van der Waals surface area contributed by atoms with Crippen molar-refractivity contribution in [3.8, 4) is 5.75 Å². The van der Waals surface area contributed by atoms with Gasteiger partial charge >= 0.3 is 6.18 Å². The van der Waals surface area contributed by atoms with Crippen molar-refractivity contribution in [1.82, 2.24) is 4.90 Å². The van der Waals surface area contributed by atoms with Crippen molar-refractivity contribution >= 4 is 5.91 Å². The average molecular weight is 357 g/mol. The highest BCUT2D eigenvalue weighted by atomic mass is 19.4. The molecule has 0 unspecified atom stereocenters. The lowest BCUT2D eigenvalue weighted by Gasteiger charge is -2.39. The maximum Gasteiger partial charge on any atom is 0.416 e. The van der Waals surface area contributed by atoms with E-state index in [1.807, 2.05) is 0 Å². The number of benzene rings is 2. The normalized spacial score (nSPS) is 15.0. The number of hydrogen-bond donors (Lipinski definition) is 0. The van der Waals surface area contributed by atoms with Gasteiger partial charge in [0.2, 0.25) is 0 Å². The molecular formula is C17H12F5NO2. The van der Waals surface area contributed by atoms with E-state index in [1.54, 1.807) is 0 Å². The standard InChI is InChI=1S/C17H12F5NO2/c18-14-6-5-12(7-15(14)19)25-13-8-23(9-13)16(24)10-1-3-11(4-2-10)17(20,21)22/h1-7,13H,8-9H2. The maximum atomic E-state index is 13.1. The molecule has 0 bridgehead atoms. The van der Waals surface area contributed by atoms with Crippen molar-refractivity contribution in [3.05, 3.63) is 65.2 Å². The minimum Gasteiger partial charge on any atom is -0.487 e. The Kier molecular flexibility index (Phi) is 4.36. The van der Waals surface area contributed by atoms with Crippen LogP contribution in [0, 0.1) is 11.6 Å². The zero-order chi connectivity index (χ0) is 18.2. The Balaban J connectivity index is 1.56. The van der Waals surface area contributed by atoms with E-state index >= 15 is 0 Å². The summed E-state index contributed by atoms with van der Waals surface area (Å²) in [5.41, 5.74) is -0.688. The molecule has 1 amide bonds. The lowest BCUT2D eigenvalue weighted by atomic mass is 10.1. The predicted molar refractivity (Wildman–Crippen MR) is 78.1 cm³/mol. The molecule has 0 atom stereocenters. The molecule has 1 aliphatic heterocycles. The molecule has 0 aliphatic carbocycles. The first kappa shape index (κ1) is 17.2. The molecule has 8 heteroatoms. The SMILES string of the molecule is O=C(c1ccc(C(F)(F)F)cc1)N1CC(Oc2ccc(F)c(F)c2)C1. The fourth-order valence-electron chi connectivity index (χ4n) is 2.41. The summed E-state index contributed by atoms with van der Waals surface area (Å²) in [5, 5.41) is 0. The summed E-state index contributed by atoms with van der Waals surface area (Å²) < 4.78 is 68.9. The summed E-state index contributed by atoms with van der Waals surface area (Å²) in [4.78, 5) is 13.6. The third-order valence-electron chi connectivity index (χ3n) is 3.79. The number of amides is 1. The predicted octanol–water partition coefficient (Wildman–Crippen LogP) is 3.89. The van der Waals surface area contributed by atoms with Crippen LogP contribution in [0.25, 0.3) is 0 Å². The van der Waals surface area contributed by atoms with Crippen LogP contribution in [0.2, 0.25) is 0 Å². The van der Waals surface area contributed by atoms with Gasteiger partial charge in [0, 0.05) is 11.6 Å². The van der Waals surface area contributed by atoms with Gasteiger partial charge in [-0.1, -0.05) is 0 Å². The molecule has 3 rings (SSSR count). The lowest BCUT2D eigenvalue weighted by Crippen LogP contribution is -2.56. The number of carbonyl (C=O) groups excluding carboxylic acids is 1. The van der Waals surface area contributed by atoms with Crippen LogP contribution in [0.3, 0.4) is 0 Å². The van der Waals surface area contributed by atoms with Gasteiger partial charge in [-0.25, -0.2) is 8.78 Å². The van der Waals surface area contributed by atoms with Gasteiger partial charge in [-0.05, 0) is 36.4 Å². The first-order valence-electron chi connectivity index (χ1n) is 7.32.